The van der Waals surface area contributed by atoms with E-state index >= 15 is 0 Å². The summed E-state index contributed by atoms with van der Waals surface area (Å²) in [5, 5.41) is 8.37. The number of carbonyl (C=O) groups is 1. The average molecular weight is 298 g/mol. The van der Waals surface area contributed by atoms with Crippen LogP contribution in [0.3, 0.4) is 0 Å². The van der Waals surface area contributed by atoms with Crippen molar-refractivity contribution in [1.29, 1.82) is 0 Å². The number of rotatable bonds is 2. The first-order chi connectivity index (χ1) is 8.94. The van der Waals surface area contributed by atoms with Crippen molar-refractivity contribution in [2.45, 2.75) is 19.3 Å². The van der Waals surface area contributed by atoms with Crippen molar-refractivity contribution >= 4 is 12.0 Å². The quantitative estimate of drug-likeness (QED) is 0.658. The molecule has 110 valence electrons. The van der Waals surface area contributed by atoms with Crippen molar-refractivity contribution in [3.05, 3.63) is 40.5 Å². The van der Waals surface area contributed by atoms with Gasteiger partial charge < -0.3 is 5.11 Å². The second kappa shape index (κ2) is 5.18. The molecule has 0 aromatic heterocycles. The summed E-state index contributed by atoms with van der Waals surface area (Å²) in [6.45, 7) is 0.698. The Morgan fingerprint density at radius 1 is 1.10 bits per heavy atom. The molecule has 0 heterocycles. The molecule has 0 radical (unpaired) electrons. The standard InChI is InChI=1S/C12H8F6O2/c1-6-8(11(13,14)15)4-2-7(3-5-9(19)20)10(6)12(16,17)18/h2-5H,1H3,(H,19,20)/b5-3+. The number of aliphatic carboxylic acids is 1. The van der Waals surface area contributed by atoms with Crippen molar-refractivity contribution in [2.75, 3.05) is 0 Å². The Hall–Kier alpha value is -1.99. The number of alkyl halides is 6. The van der Waals surface area contributed by atoms with E-state index in [1.165, 1.54) is 0 Å². The van der Waals surface area contributed by atoms with Crippen LogP contribution in [0.2, 0.25) is 0 Å². The van der Waals surface area contributed by atoms with E-state index in [0.717, 1.165) is 0 Å². The van der Waals surface area contributed by atoms with Crippen LogP contribution in [0, 0.1) is 6.92 Å². The van der Waals surface area contributed by atoms with Crippen LogP contribution >= 0.6 is 0 Å². The summed E-state index contributed by atoms with van der Waals surface area (Å²) in [6.07, 6.45) is -8.90. The van der Waals surface area contributed by atoms with Gasteiger partial charge in [0.25, 0.3) is 0 Å². The van der Waals surface area contributed by atoms with Crippen LogP contribution in [0.15, 0.2) is 18.2 Å². The molecule has 1 N–H and O–H groups in total. The van der Waals surface area contributed by atoms with Crippen molar-refractivity contribution in [3.63, 3.8) is 0 Å². The molecule has 0 saturated carbocycles. The zero-order valence-corrected chi connectivity index (χ0v) is 9.93. The highest BCUT2D eigenvalue weighted by Gasteiger charge is 2.40. The van der Waals surface area contributed by atoms with Gasteiger partial charge >= 0.3 is 18.3 Å². The van der Waals surface area contributed by atoms with Crippen molar-refractivity contribution in [3.8, 4) is 0 Å². The Balaban J connectivity index is 3.57. The molecule has 0 aliphatic carbocycles. The summed E-state index contributed by atoms with van der Waals surface area (Å²) in [7, 11) is 0. The fourth-order valence-electron chi connectivity index (χ4n) is 1.72. The second-order valence-corrected chi connectivity index (χ2v) is 3.87. The Morgan fingerprint density at radius 3 is 2.05 bits per heavy atom. The van der Waals surface area contributed by atoms with Crippen LogP contribution in [-0.2, 0) is 17.1 Å². The topological polar surface area (TPSA) is 37.3 Å². The molecule has 8 heteroatoms. The fourth-order valence-corrected chi connectivity index (χ4v) is 1.72. The lowest BCUT2D eigenvalue weighted by Crippen LogP contribution is -2.16. The molecule has 0 unspecified atom stereocenters. The van der Waals surface area contributed by atoms with Crippen LogP contribution in [0.1, 0.15) is 22.3 Å². The Kier molecular flexibility index (Phi) is 4.16. The predicted molar refractivity (Wildman–Crippen MR) is 57.9 cm³/mol. The van der Waals surface area contributed by atoms with Crippen molar-refractivity contribution in [2.24, 2.45) is 0 Å². The number of halogens is 6. The molecule has 0 bridgehead atoms. The van der Waals surface area contributed by atoms with Crippen LogP contribution < -0.4 is 0 Å². The highest BCUT2D eigenvalue weighted by Crippen LogP contribution is 2.41. The van der Waals surface area contributed by atoms with Gasteiger partial charge in [0.15, 0.2) is 0 Å². The van der Waals surface area contributed by atoms with E-state index in [0.29, 0.717) is 31.2 Å². The third kappa shape index (κ3) is 3.52. The maximum absolute atomic E-state index is 12.9. The molecule has 0 atom stereocenters. The van der Waals surface area contributed by atoms with E-state index in [1.807, 2.05) is 0 Å². The minimum atomic E-state index is -5.02. The monoisotopic (exact) mass is 298 g/mol. The van der Waals surface area contributed by atoms with E-state index < -0.39 is 40.6 Å². The minimum Gasteiger partial charge on any atom is -0.478 e. The summed E-state index contributed by atoms with van der Waals surface area (Å²) in [5.41, 5.74) is -4.52. The first kappa shape index (κ1) is 16.1. The lowest BCUT2D eigenvalue weighted by molar-refractivity contribution is -0.144. The summed E-state index contributed by atoms with van der Waals surface area (Å²) >= 11 is 0. The first-order valence-electron chi connectivity index (χ1n) is 5.13. The van der Waals surface area contributed by atoms with E-state index in [9.17, 15) is 31.1 Å². The number of carboxylic acid groups (broad SMARTS) is 1. The molecular weight excluding hydrogens is 290 g/mol. The maximum atomic E-state index is 12.9. The van der Waals surface area contributed by atoms with Gasteiger partial charge in [0.05, 0.1) is 11.1 Å². The third-order valence-corrected chi connectivity index (χ3v) is 2.49. The van der Waals surface area contributed by atoms with Gasteiger partial charge in [0.1, 0.15) is 0 Å². The van der Waals surface area contributed by atoms with Crippen LogP contribution in [0.5, 0.6) is 0 Å². The van der Waals surface area contributed by atoms with Gasteiger partial charge in [-0.15, -0.1) is 0 Å². The molecule has 1 aromatic carbocycles. The summed E-state index contributed by atoms with van der Waals surface area (Å²) in [5.74, 6) is -1.50. The van der Waals surface area contributed by atoms with Crippen molar-refractivity contribution in [1.82, 2.24) is 0 Å². The normalized spacial score (nSPS) is 12.9. The fraction of sp³-hybridized carbons (Fsp3) is 0.250. The SMILES string of the molecule is Cc1c(C(F)(F)F)ccc(/C=C/C(=O)O)c1C(F)(F)F. The average Bonchev–Trinajstić information content (AvgIpc) is 2.22. The van der Waals surface area contributed by atoms with Gasteiger partial charge in [-0.1, -0.05) is 6.07 Å². The molecule has 2 nitrogen and oxygen atoms in total. The van der Waals surface area contributed by atoms with Gasteiger partial charge in [-0.25, -0.2) is 4.79 Å². The Bertz CT molecular complexity index is 554. The van der Waals surface area contributed by atoms with Gasteiger partial charge in [0, 0.05) is 6.08 Å². The van der Waals surface area contributed by atoms with E-state index in [2.05, 4.69) is 0 Å². The van der Waals surface area contributed by atoms with Crippen LogP contribution in [0.25, 0.3) is 6.08 Å². The molecule has 1 aromatic rings. The summed E-state index contributed by atoms with van der Waals surface area (Å²) in [4.78, 5) is 10.3. The third-order valence-electron chi connectivity index (χ3n) is 2.49. The lowest BCUT2D eigenvalue weighted by atomic mass is 9.95. The maximum Gasteiger partial charge on any atom is 0.417 e. The minimum absolute atomic E-state index is 0.428. The number of hydrogen-bond donors (Lipinski definition) is 1. The van der Waals surface area contributed by atoms with Gasteiger partial charge in [-0.3, -0.25) is 0 Å². The van der Waals surface area contributed by atoms with Crippen LogP contribution in [-0.4, -0.2) is 11.1 Å². The molecule has 0 fully saturated rings. The molecule has 1 rings (SSSR count). The zero-order chi connectivity index (χ0) is 15.7. The number of hydrogen-bond acceptors (Lipinski definition) is 1. The molecule has 0 aliphatic heterocycles. The van der Waals surface area contributed by atoms with Gasteiger partial charge in [-0.05, 0) is 30.2 Å². The zero-order valence-electron chi connectivity index (χ0n) is 9.93. The molecule has 0 amide bonds. The van der Waals surface area contributed by atoms with E-state index in [-0.39, 0.29) is 0 Å². The van der Waals surface area contributed by atoms with E-state index in [4.69, 9.17) is 5.11 Å². The molecule has 0 aliphatic rings. The van der Waals surface area contributed by atoms with E-state index in [1.54, 1.807) is 0 Å². The molecule has 0 spiro atoms. The first-order valence-corrected chi connectivity index (χ1v) is 5.13. The van der Waals surface area contributed by atoms with Gasteiger partial charge in [0.2, 0.25) is 0 Å². The van der Waals surface area contributed by atoms with Gasteiger partial charge in [-0.2, -0.15) is 26.3 Å². The second-order valence-electron chi connectivity index (χ2n) is 3.87. The molecule has 0 saturated heterocycles. The molecule has 20 heavy (non-hydrogen) atoms. The summed E-state index contributed by atoms with van der Waals surface area (Å²) in [6, 6.07) is 1.09. The Labute approximate surface area is 109 Å². The largest absolute Gasteiger partial charge is 0.478 e. The number of benzene rings is 1. The smallest absolute Gasteiger partial charge is 0.417 e. The Morgan fingerprint density at radius 2 is 1.65 bits per heavy atom. The molecular formula is C12H8F6O2. The summed E-state index contributed by atoms with van der Waals surface area (Å²) < 4.78 is 76.3. The lowest BCUT2D eigenvalue weighted by Gasteiger charge is -2.18. The van der Waals surface area contributed by atoms with Crippen molar-refractivity contribution < 1.29 is 36.2 Å². The highest BCUT2D eigenvalue weighted by molar-refractivity contribution is 5.85. The predicted octanol–water partition coefficient (Wildman–Crippen LogP) is 4.13. The van der Waals surface area contributed by atoms with Crippen LogP contribution in [0.4, 0.5) is 26.3 Å². The highest BCUT2D eigenvalue weighted by atomic mass is 19.4. The number of carboxylic acids is 1.